The number of pyridine rings is 1. The van der Waals surface area contributed by atoms with Gasteiger partial charge < -0.3 is 10.1 Å². The van der Waals surface area contributed by atoms with Gasteiger partial charge in [0.15, 0.2) is 11.4 Å². The van der Waals surface area contributed by atoms with Crippen LogP contribution in [-0.4, -0.2) is 33.9 Å². The van der Waals surface area contributed by atoms with E-state index in [4.69, 9.17) is 11.3 Å². The Morgan fingerprint density at radius 1 is 1.15 bits per heavy atom. The molecule has 4 aromatic rings. The summed E-state index contributed by atoms with van der Waals surface area (Å²) in [6.07, 6.45) is 1.07. The normalized spacial score (nSPS) is 15.6. The van der Waals surface area contributed by atoms with Crippen LogP contribution in [0.3, 0.4) is 0 Å². The SMILES string of the molecule is [C-]#[N+]c1ccc(-c2cc(OC[C@@H]3CCNC3)c3nn(C)c(=O)n3c2-c2ccc(C)cc2)cc1. The molecule has 33 heavy (non-hydrogen) atoms. The molecule has 0 amide bonds. The van der Waals surface area contributed by atoms with Gasteiger partial charge in [0, 0.05) is 25.1 Å². The molecule has 1 aliphatic rings. The van der Waals surface area contributed by atoms with Crippen LogP contribution in [0.4, 0.5) is 5.69 Å². The molecule has 0 unspecified atom stereocenters. The van der Waals surface area contributed by atoms with E-state index in [0.717, 1.165) is 47.5 Å². The summed E-state index contributed by atoms with van der Waals surface area (Å²) in [7, 11) is 1.66. The minimum atomic E-state index is -0.229. The molecular weight excluding hydrogens is 414 g/mol. The highest BCUT2D eigenvalue weighted by atomic mass is 16.5. The third-order valence-electron chi connectivity index (χ3n) is 6.17. The maximum absolute atomic E-state index is 13.2. The van der Waals surface area contributed by atoms with Crippen LogP contribution >= 0.6 is 0 Å². The van der Waals surface area contributed by atoms with Crippen molar-refractivity contribution in [3.63, 3.8) is 0 Å². The highest BCUT2D eigenvalue weighted by Crippen LogP contribution is 2.37. The lowest BCUT2D eigenvalue weighted by Crippen LogP contribution is -2.20. The smallest absolute Gasteiger partial charge is 0.350 e. The van der Waals surface area contributed by atoms with E-state index in [-0.39, 0.29) is 5.69 Å². The van der Waals surface area contributed by atoms with Crippen LogP contribution in [0, 0.1) is 19.4 Å². The monoisotopic (exact) mass is 439 g/mol. The Morgan fingerprint density at radius 2 is 1.88 bits per heavy atom. The van der Waals surface area contributed by atoms with Crippen LogP contribution < -0.4 is 15.7 Å². The lowest BCUT2D eigenvalue weighted by molar-refractivity contribution is 0.261. The number of nitrogens with zero attached hydrogens (tertiary/aromatic N) is 4. The molecular formula is C26H25N5O2. The molecule has 7 nitrogen and oxygen atoms in total. The van der Waals surface area contributed by atoms with Crippen LogP contribution in [0.25, 0.3) is 32.9 Å². The topological polar surface area (TPSA) is 64.9 Å². The molecule has 0 aliphatic carbocycles. The maximum atomic E-state index is 13.2. The lowest BCUT2D eigenvalue weighted by atomic mass is 9.98. The van der Waals surface area contributed by atoms with Crippen molar-refractivity contribution in [1.82, 2.24) is 19.5 Å². The maximum Gasteiger partial charge on any atom is 0.350 e. The van der Waals surface area contributed by atoms with Gasteiger partial charge in [-0.3, -0.25) is 0 Å². The summed E-state index contributed by atoms with van der Waals surface area (Å²) in [6, 6.07) is 17.5. The second-order valence-corrected chi connectivity index (χ2v) is 8.53. The van der Waals surface area contributed by atoms with Gasteiger partial charge in [0.2, 0.25) is 5.65 Å². The molecule has 166 valence electrons. The standard InChI is InChI=1S/C26H25N5O2/c1-17-4-6-20(7-5-17)24-22(19-8-10-21(27-2)11-9-19)14-23(33-16-18-12-13-28-15-18)25-29-30(3)26(32)31(24)25/h4-11,14,18,28H,12-13,15-16H2,1,3H3/t18-/m1/s1. The summed E-state index contributed by atoms with van der Waals surface area (Å²) < 4.78 is 9.26. The number of aryl methyl sites for hydroxylation is 2. The number of ether oxygens (including phenoxy) is 1. The van der Waals surface area contributed by atoms with Crippen molar-refractivity contribution in [1.29, 1.82) is 0 Å². The van der Waals surface area contributed by atoms with Gasteiger partial charge in [0.1, 0.15) is 0 Å². The van der Waals surface area contributed by atoms with Crippen LogP contribution in [0.1, 0.15) is 12.0 Å². The predicted octanol–water partition coefficient (Wildman–Crippen LogP) is 4.21. The third-order valence-corrected chi connectivity index (χ3v) is 6.17. The molecule has 0 spiro atoms. The zero-order chi connectivity index (χ0) is 22.9. The second-order valence-electron chi connectivity index (χ2n) is 8.53. The van der Waals surface area contributed by atoms with Gasteiger partial charge >= 0.3 is 5.69 Å². The summed E-state index contributed by atoms with van der Waals surface area (Å²) in [5.74, 6) is 1.01. The number of nitrogens with one attached hydrogen (secondary N) is 1. The molecule has 2 aromatic carbocycles. The van der Waals surface area contributed by atoms with Crippen molar-refractivity contribution in [2.45, 2.75) is 13.3 Å². The first-order valence-electron chi connectivity index (χ1n) is 11.1. The molecule has 1 aliphatic heterocycles. The zero-order valence-electron chi connectivity index (χ0n) is 18.7. The van der Waals surface area contributed by atoms with Gasteiger partial charge in [-0.25, -0.2) is 18.7 Å². The van der Waals surface area contributed by atoms with E-state index in [0.29, 0.717) is 29.6 Å². The molecule has 1 atom stereocenters. The fourth-order valence-electron chi connectivity index (χ4n) is 4.31. The summed E-state index contributed by atoms with van der Waals surface area (Å²) in [4.78, 5) is 16.7. The first-order valence-corrected chi connectivity index (χ1v) is 11.1. The van der Waals surface area contributed by atoms with Crippen LogP contribution in [-0.2, 0) is 7.05 Å². The number of hydrogen-bond acceptors (Lipinski definition) is 4. The lowest BCUT2D eigenvalue weighted by Gasteiger charge is -2.17. The highest BCUT2D eigenvalue weighted by molar-refractivity contribution is 5.85. The molecule has 0 bridgehead atoms. The van der Waals surface area contributed by atoms with Gasteiger partial charge in [0.25, 0.3) is 0 Å². The van der Waals surface area contributed by atoms with Crippen molar-refractivity contribution < 1.29 is 4.74 Å². The fraction of sp³-hybridized carbons (Fsp3) is 0.269. The average Bonchev–Trinajstić information content (AvgIpc) is 3.46. The Labute approximate surface area is 192 Å². The van der Waals surface area contributed by atoms with Crippen molar-refractivity contribution in [3.8, 4) is 28.1 Å². The van der Waals surface area contributed by atoms with Crippen molar-refractivity contribution in [2.75, 3.05) is 19.7 Å². The Hall–Kier alpha value is -3.89. The Balaban J connectivity index is 1.75. The van der Waals surface area contributed by atoms with Crippen LogP contribution in [0.2, 0.25) is 0 Å². The van der Waals surface area contributed by atoms with E-state index in [9.17, 15) is 4.79 Å². The van der Waals surface area contributed by atoms with E-state index in [1.54, 1.807) is 23.6 Å². The molecule has 1 fully saturated rings. The van der Waals surface area contributed by atoms with E-state index in [1.807, 2.05) is 49.4 Å². The van der Waals surface area contributed by atoms with Gasteiger partial charge in [-0.15, -0.1) is 5.10 Å². The minimum absolute atomic E-state index is 0.229. The summed E-state index contributed by atoms with van der Waals surface area (Å²) >= 11 is 0. The molecule has 0 saturated carbocycles. The van der Waals surface area contributed by atoms with Crippen molar-refractivity contribution in [2.24, 2.45) is 13.0 Å². The predicted molar refractivity (Wildman–Crippen MR) is 129 cm³/mol. The fourth-order valence-corrected chi connectivity index (χ4v) is 4.31. The molecule has 1 saturated heterocycles. The highest BCUT2D eigenvalue weighted by Gasteiger charge is 2.22. The molecule has 0 radical (unpaired) electrons. The molecule has 2 aromatic heterocycles. The Kier molecular flexibility index (Phi) is 5.45. The van der Waals surface area contributed by atoms with Gasteiger partial charge in [0.05, 0.1) is 18.9 Å². The largest absolute Gasteiger partial charge is 0.489 e. The van der Waals surface area contributed by atoms with Gasteiger partial charge in [-0.2, -0.15) is 0 Å². The second kappa shape index (κ2) is 8.57. The number of hydrogen-bond donors (Lipinski definition) is 1. The average molecular weight is 440 g/mol. The first-order chi connectivity index (χ1) is 16.0. The Bertz CT molecular complexity index is 1400. The number of aromatic nitrogens is 3. The number of benzene rings is 2. The molecule has 5 rings (SSSR count). The van der Waals surface area contributed by atoms with E-state index in [2.05, 4.69) is 15.3 Å². The summed E-state index contributed by atoms with van der Waals surface area (Å²) in [6.45, 7) is 11.8. The molecule has 3 heterocycles. The summed E-state index contributed by atoms with van der Waals surface area (Å²) in [5, 5.41) is 7.87. The molecule has 7 heteroatoms. The number of rotatable bonds is 5. The first kappa shape index (κ1) is 21.0. The van der Waals surface area contributed by atoms with Crippen molar-refractivity contribution >= 4 is 11.3 Å². The Morgan fingerprint density at radius 3 is 2.55 bits per heavy atom. The van der Waals surface area contributed by atoms with E-state index in [1.165, 1.54) is 4.68 Å². The quantitative estimate of drug-likeness (QED) is 0.473. The van der Waals surface area contributed by atoms with Crippen molar-refractivity contribution in [3.05, 3.63) is 82.1 Å². The van der Waals surface area contributed by atoms with E-state index >= 15 is 0 Å². The van der Waals surface area contributed by atoms with Gasteiger partial charge in [-0.1, -0.05) is 54.1 Å². The zero-order valence-corrected chi connectivity index (χ0v) is 18.7. The minimum Gasteiger partial charge on any atom is -0.489 e. The third kappa shape index (κ3) is 3.90. The van der Waals surface area contributed by atoms with Crippen LogP contribution in [0.15, 0.2) is 59.4 Å². The molecule has 1 N–H and O–H groups in total. The van der Waals surface area contributed by atoms with E-state index < -0.39 is 0 Å². The number of fused-ring (bicyclic) bond motifs is 1. The van der Waals surface area contributed by atoms with Crippen LogP contribution in [0.5, 0.6) is 5.75 Å². The van der Waals surface area contributed by atoms with Gasteiger partial charge in [-0.05, 0) is 37.1 Å². The summed E-state index contributed by atoms with van der Waals surface area (Å²) in [5.41, 5.74) is 5.42.